The molecule has 0 aliphatic heterocycles. The topological polar surface area (TPSA) is 18.5 Å². The van der Waals surface area contributed by atoms with Gasteiger partial charge in [-0.05, 0) is 17.5 Å². The van der Waals surface area contributed by atoms with Gasteiger partial charge in [-0.15, -0.1) is 0 Å². The Morgan fingerprint density at radius 1 is 0.810 bits per heavy atom. The van der Waals surface area contributed by atoms with Gasteiger partial charge in [0.15, 0.2) is 0 Å². The SMILES string of the molecule is CCCO[Si](Cc1ccccc1)(Cc1ccccc1)OC. The minimum absolute atomic E-state index is 0.764. The Morgan fingerprint density at radius 2 is 1.29 bits per heavy atom. The highest BCUT2D eigenvalue weighted by Crippen LogP contribution is 2.20. The molecule has 0 aliphatic rings. The van der Waals surface area contributed by atoms with E-state index in [0.29, 0.717) is 0 Å². The fraction of sp³-hybridized carbons (Fsp3) is 0.333. The second kappa shape index (κ2) is 8.13. The summed E-state index contributed by atoms with van der Waals surface area (Å²) >= 11 is 0. The van der Waals surface area contributed by atoms with Crippen LogP contribution in [-0.4, -0.2) is 22.3 Å². The maximum atomic E-state index is 6.25. The monoisotopic (exact) mass is 300 g/mol. The fourth-order valence-electron chi connectivity index (χ4n) is 2.47. The molecule has 2 aromatic carbocycles. The van der Waals surface area contributed by atoms with Crippen molar-refractivity contribution in [1.82, 2.24) is 0 Å². The summed E-state index contributed by atoms with van der Waals surface area (Å²) in [5.41, 5.74) is 2.58. The van der Waals surface area contributed by atoms with E-state index in [-0.39, 0.29) is 0 Å². The van der Waals surface area contributed by atoms with Gasteiger partial charge < -0.3 is 8.85 Å². The van der Waals surface area contributed by atoms with Gasteiger partial charge in [0.05, 0.1) is 0 Å². The van der Waals surface area contributed by atoms with E-state index >= 15 is 0 Å². The summed E-state index contributed by atoms with van der Waals surface area (Å²) in [6, 6.07) is 22.8. The first-order chi connectivity index (χ1) is 10.3. The Kier molecular flexibility index (Phi) is 6.17. The second-order valence-electron chi connectivity index (χ2n) is 5.29. The lowest BCUT2D eigenvalue weighted by molar-refractivity contribution is 0.196. The molecule has 0 amide bonds. The van der Waals surface area contributed by atoms with Crippen LogP contribution in [-0.2, 0) is 20.9 Å². The third kappa shape index (κ3) is 4.81. The third-order valence-electron chi connectivity index (χ3n) is 3.57. The molecule has 112 valence electrons. The highest BCUT2D eigenvalue weighted by Gasteiger charge is 2.37. The molecule has 0 bridgehead atoms. The Balaban J connectivity index is 2.20. The van der Waals surface area contributed by atoms with Crippen molar-refractivity contribution < 1.29 is 8.85 Å². The minimum Gasteiger partial charge on any atom is -0.397 e. The van der Waals surface area contributed by atoms with Crippen LogP contribution in [0.3, 0.4) is 0 Å². The van der Waals surface area contributed by atoms with Gasteiger partial charge >= 0.3 is 8.56 Å². The number of hydrogen-bond acceptors (Lipinski definition) is 2. The first-order valence-electron chi connectivity index (χ1n) is 7.55. The molecule has 21 heavy (non-hydrogen) atoms. The maximum absolute atomic E-state index is 6.25. The van der Waals surface area contributed by atoms with Crippen molar-refractivity contribution >= 4 is 8.56 Å². The van der Waals surface area contributed by atoms with Crippen LogP contribution in [0.4, 0.5) is 0 Å². The van der Waals surface area contributed by atoms with E-state index in [1.54, 1.807) is 7.11 Å². The molecule has 0 aliphatic carbocycles. The number of hydrogen-bond donors (Lipinski definition) is 0. The predicted molar refractivity (Wildman–Crippen MR) is 89.3 cm³/mol. The summed E-state index contributed by atoms with van der Waals surface area (Å²) in [6.07, 6.45) is 1.02. The van der Waals surface area contributed by atoms with Crippen LogP contribution in [0, 0.1) is 0 Å². The van der Waals surface area contributed by atoms with Crippen molar-refractivity contribution in [2.45, 2.75) is 25.4 Å². The van der Waals surface area contributed by atoms with Gasteiger partial charge in [0.2, 0.25) is 0 Å². The molecule has 0 N–H and O–H groups in total. The van der Waals surface area contributed by atoms with Crippen molar-refractivity contribution in [3.63, 3.8) is 0 Å². The van der Waals surface area contributed by atoms with Crippen molar-refractivity contribution in [3.8, 4) is 0 Å². The van der Waals surface area contributed by atoms with E-state index < -0.39 is 8.56 Å². The lowest BCUT2D eigenvalue weighted by Gasteiger charge is -2.29. The van der Waals surface area contributed by atoms with E-state index in [2.05, 4.69) is 55.5 Å². The van der Waals surface area contributed by atoms with Gasteiger partial charge in [0.25, 0.3) is 0 Å². The smallest absolute Gasteiger partial charge is 0.346 e. The van der Waals surface area contributed by atoms with Crippen LogP contribution in [0.1, 0.15) is 24.5 Å². The second-order valence-corrected chi connectivity index (χ2v) is 8.51. The van der Waals surface area contributed by atoms with Gasteiger partial charge in [0, 0.05) is 25.8 Å². The zero-order valence-corrected chi connectivity index (χ0v) is 13.9. The van der Waals surface area contributed by atoms with Gasteiger partial charge in [0.1, 0.15) is 0 Å². The number of benzene rings is 2. The molecule has 0 unspecified atom stereocenters. The van der Waals surface area contributed by atoms with Crippen molar-refractivity contribution in [3.05, 3.63) is 71.8 Å². The zero-order valence-electron chi connectivity index (χ0n) is 12.9. The summed E-state index contributed by atoms with van der Waals surface area (Å²) in [7, 11) is -0.473. The summed E-state index contributed by atoms with van der Waals surface area (Å²) in [5.74, 6) is 0. The van der Waals surface area contributed by atoms with Crippen LogP contribution >= 0.6 is 0 Å². The molecule has 0 saturated heterocycles. The van der Waals surface area contributed by atoms with Gasteiger partial charge in [-0.2, -0.15) is 0 Å². The first-order valence-corrected chi connectivity index (χ1v) is 9.78. The Bertz CT molecular complexity index is 472. The Hall–Kier alpha value is -1.42. The fourth-order valence-corrected chi connectivity index (χ4v) is 5.50. The summed E-state index contributed by atoms with van der Waals surface area (Å²) < 4.78 is 12.2. The highest BCUT2D eigenvalue weighted by molar-refractivity contribution is 6.66. The summed E-state index contributed by atoms with van der Waals surface area (Å²) in [4.78, 5) is 0. The molecule has 2 aromatic rings. The van der Waals surface area contributed by atoms with E-state index in [1.807, 2.05) is 12.1 Å². The molecule has 0 radical (unpaired) electrons. The molecule has 3 heteroatoms. The van der Waals surface area contributed by atoms with Crippen LogP contribution in [0.25, 0.3) is 0 Å². The summed E-state index contributed by atoms with van der Waals surface area (Å²) in [5, 5.41) is 0. The Morgan fingerprint density at radius 3 is 1.67 bits per heavy atom. The lowest BCUT2D eigenvalue weighted by Crippen LogP contribution is -2.47. The van der Waals surface area contributed by atoms with Crippen molar-refractivity contribution in [2.24, 2.45) is 0 Å². The van der Waals surface area contributed by atoms with Crippen molar-refractivity contribution in [2.75, 3.05) is 13.7 Å². The quantitative estimate of drug-likeness (QED) is 0.684. The molecule has 0 spiro atoms. The largest absolute Gasteiger partial charge is 0.397 e. The molecule has 0 aromatic heterocycles. The Labute approximate surface area is 129 Å². The standard InChI is InChI=1S/C18H24O2Si/c1-3-14-20-21(19-2,15-17-10-6-4-7-11-17)16-18-12-8-5-9-13-18/h4-13H,3,14-16H2,1-2H3. The predicted octanol–water partition coefficient (Wildman–Crippen LogP) is 4.07. The van der Waals surface area contributed by atoms with Crippen LogP contribution in [0.2, 0.25) is 0 Å². The van der Waals surface area contributed by atoms with Gasteiger partial charge in [-0.25, -0.2) is 0 Å². The highest BCUT2D eigenvalue weighted by atomic mass is 28.4. The maximum Gasteiger partial charge on any atom is 0.346 e. The van der Waals surface area contributed by atoms with Gasteiger partial charge in [-0.3, -0.25) is 0 Å². The average molecular weight is 300 g/mol. The molecule has 0 heterocycles. The molecule has 0 saturated carbocycles. The third-order valence-corrected chi connectivity index (χ3v) is 6.94. The summed E-state index contributed by atoms with van der Waals surface area (Å²) in [6.45, 7) is 2.90. The average Bonchev–Trinajstić information content (AvgIpc) is 2.54. The lowest BCUT2D eigenvalue weighted by atomic mass is 10.2. The van der Waals surface area contributed by atoms with Crippen LogP contribution in [0.15, 0.2) is 60.7 Å². The first kappa shape index (κ1) is 16.0. The van der Waals surface area contributed by atoms with Gasteiger partial charge in [-0.1, -0.05) is 67.6 Å². The molecule has 2 nitrogen and oxygen atoms in total. The van der Waals surface area contributed by atoms with E-state index in [0.717, 1.165) is 25.1 Å². The minimum atomic E-state index is -2.27. The number of rotatable bonds is 8. The normalized spacial score (nSPS) is 11.5. The van der Waals surface area contributed by atoms with E-state index in [4.69, 9.17) is 8.85 Å². The molecule has 0 fully saturated rings. The van der Waals surface area contributed by atoms with E-state index in [9.17, 15) is 0 Å². The zero-order chi connectivity index (χ0) is 15.0. The van der Waals surface area contributed by atoms with Crippen molar-refractivity contribution in [1.29, 1.82) is 0 Å². The molecular formula is C18H24O2Si. The molecular weight excluding hydrogens is 276 g/mol. The van der Waals surface area contributed by atoms with Crippen LogP contribution < -0.4 is 0 Å². The van der Waals surface area contributed by atoms with Crippen LogP contribution in [0.5, 0.6) is 0 Å². The van der Waals surface area contributed by atoms with E-state index in [1.165, 1.54) is 11.1 Å². The molecule has 0 atom stereocenters. The molecule has 2 rings (SSSR count).